The van der Waals surface area contributed by atoms with E-state index in [9.17, 15) is 4.79 Å². The lowest BCUT2D eigenvalue weighted by Crippen LogP contribution is -1.81. The first-order valence-corrected chi connectivity index (χ1v) is 5.00. The SMILES string of the molecule is O=C(Cl)c1sc2ncccc2c1Cl. The third-order valence-electron chi connectivity index (χ3n) is 1.58. The van der Waals surface area contributed by atoms with Crippen molar-refractivity contribution >= 4 is 50.0 Å². The molecule has 0 unspecified atom stereocenters. The summed E-state index contributed by atoms with van der Waals surface area (Å²) in [4.78, 5) is 16.1. The van der Waals surface area contributed by atoms with Gasteiger partial charge in [0.15, 0.2) is 0 Å². The van der Waals surface area contributed by atoms with Gasteiger partial charge in [0.1, 0.15) is 9.71 Å². The summed E-state index contributed by atoms with van der Waals surface area (Å²) in [5.41, 5.74) is 0. The Morgan fingerprint density at radius 1 is 1.54 bits per heavy atom. The molecular weight excluding hydrogens is 229 g/mol. The molecule has 0 aliphatic rings. The fourth-order valence-electron chi connectivity index (χ4n) is 1.03. The fraction of sp³-hybridized carbons (Fsp3) is 0. The van der Waals surface area contributed by atoms with Gasteiger partial charge in [0.25, 0.3) is 5.24 Å². The van der Waals surface area contributed by atoms with Crippen LogP contribution in [0.1, 0.15) is 9.67 Å². The average Bonchev–Trinajstić information content (AvgIpc) is 2.45. The van der Waals surface area contributed by atoms with Crippen molar-refractivity contribution in [2.75, 3.05) is 0 Å². The molecule has 66 valence electrons. The minimum Gasteiger partial charge on any atom is -0.275 e. The Balaban J connectivity index is 2.81. The number of pyridine rings is 1. The molecule has 0 spiro atoms. The summed E-state index contributed by atoms with van der Waals surface area (Å²) in [7, 11) is 0. The number of nitrogens with zero attached hydrogens (tertiary/aromatic N) is 1. The van der Waals surface area contributed by atoms with Gasteiger partial charge in [-0.3, -0.25) is 4.79 Å². The normalized spacial score (nSPS) is 10.6. The number of halogens is 2. The van der Waals surface area contributed by atoms with Gasteiger partial charge in [-0.25, -0.2) is 4.98 Å². The lowest BCUT2D eigenvalue weighted by molar-refractivity contribution is 0.108. The number of fused-ring (bicyclic) bond motifs is 1. The van der Waals surface area contributed by atoms with Crippen LogP contribution in [0, 0.1) is 0 Å². The van der Waals surface area contributed by atoms with Gasteiger partial charge in [-0.05, 0) is 23.7 Å². The largest absolute Gasteiger partial charge is 0.275 e. The molecular formula is C8H3Cl2NOS. The molecule has 0 saturated carbocycles. The number of hydrogen-bond acceptors (Lipinski definition) is 3. The molecule has 2 aromatic rings. The highest BCUT2D eigenvalue weighted by atomic mass is 35.5. The van der Waals surface area contributed by atoms with E-state index >= 15 is 0 Å². The van der Waals surface area contributed by atoms with Crippen LogP contribution in [0.25, 0.3) is 10.2 Å². The zero-order valence-electron chi connectivity index (χ0n) is 6.25. The maximum Gasteiger partial charge on any atom is 0.263 e. The first kappa shape index (κ1) is 8.94. The van der Waals surface area contributed by atoms with E-state index in [1.165, 1.54) is 11.3 Å². The second-order valence-corrected chi connectivity index (χ2v) is 4.10. The molecule has 0 saturated heterocycles. The molecule has 0 amide bonds. The molecule has 2 aromatic heterocycles. The van der Waals surface area contributed by atoms with E-state index < -0.39 is 5.24 Å². The van der Waals surface area contributed by atoms with Gasteiger partial charge >= 0.3 is 0 Å². The van der Waals surface area contributed by atoms with E-state index in [0.717, 1.165) is 10.2 Å². The molecule has 0 aliphatic carbocycles. The molecule has 0 bridgehead atoms. The average molecular weight is 232 g/mol. The van der Waals surface area contributed by atoms with Crippen molar-refractivity contribution in [1.29, 1.82) is 0 Å². The molecule has 0 aliphatic heterocycles. The maximum absolute atomic E-state index is 10.9. The van der Waals surface area contributed by atoms with Crippen molar-refractivity contribution in [3.8, 4) is 0 Å². The lowest BCUT2D eigenvalue weighted by Gasteiger charge is -1.86. The van der Waals surface area contributed by atoms with Gasteiger partial charge < -0.3 is 0 Å². The zero-order valence-corrected chi connectivity index (χ0v) is 8.58. The van der Waals surface area contributed by atoms with Crippen LogP contribution in [-0.4, -0.2) is 10.2 Å². The van der Waals surface area contributed by atoms with E-state index in [1.807, 2.05) is 6.07 Å². The third kappa shape index (κ3) is 1.43. The zero-order chi connectivity index (χ0) is 9.42. The van der Waals surface area contributed by atoms with Crippen molar-refractivity contribution in [3.05, 3.63) is 28.2 Å². The van der Waals surface area contributed by atoms with Crippen LogP contribution in [0.2, 0.25) is 5.02 Å². The molecule has 5 heteroatoms. The minimum atomic E-state index is -0.534. The smallest absolute Gasteiger partial charge is 0.263 e. The van der Waals surface area contributed by atoms with Crippen LogP contribution in [0.4, 0.5) is 0 Å². The Hall–Kier alpha value is -0.640. The first-order valence-electron chi connectivity index (χ1n) is 3.43. The predicted molar refractivity (Wildman–Crippen MR) is 54.8 cm³/mol. The summed E-state index contributed by atoms with van der Waals surface area (Å²) >= 11 is 12.5. The maximum atomic E-state index is 10.9. The molecule has 0 aromatic carbocycles. The quantitative estimate of drug-likeness (QED) is 0.706. The van der Waals surface area contributed by atoms with Crippen LogP contribution in [0.15, 0.2) is 18.3 Å². The monoisotopic (exact) mass is 231 g/mol. The molecule has 2 nitrogen and oxygen atoms in total. The lowest BCUT2D eigenvalue weighted by atomic mass is 10.3. The third-order valence-corrected chi connectivity index (χ3v) is 3.50. The summed E-state index contributed by atoms with van der Waals surface area (Å²) in [5.74, 6) is 0. The molecule has 13 heavy (non-hydrogen) atoms. The summed E-state index contributed by atoms with van der Waals surface area (Å²) < 4.78 is 0. The van der Waals surface area contributed by atoms with Crippen LogP contribution in [0.5, 0.6) is 0 Å². The van der Waals surface area contributed by atoms with Crippen molar-refractivity contribution in [2.24, 2.45) is 0 Å². The summed E-state index contributed by atoms with van der Waals surface area (Å²) in [6, 6.07) is 3.58. The highest BCUT2D eigenvalue weighted by molar-refractivity contribution is 7.22. The number of aromatic nitrogens is 1. The van der Waals surface area contributed by atoms with Crippen LogP contribution >= 0.6 is 34.5 Å². The van der Waals surface area contributed by atoms with Gasteiger partial charge in [0, 0.05) is 11.6 Å². The second kappa shape index (κ2) is 3.25. The topological polar surface area (TPSA) is 30.0 Å². The van der Waals surface area contributed by atoms with Gasteiger partial charge in [0.05, 0.1) is 5.02 Å². The van der Waals surface area contributed by atoms with Crippen LogP contribution in [0.3, 0.4) is 0 Å². The fourth-order valence-corrected chi connectivity index (χ4v) is 2.56. The van der Waals surface area contributed by atoms with Crippen molar-refractivity contribution in [2.45, 2.75) is 0 Å². The van der Waals surface area contributed by atoms with Gasteiger partial charge in [-0.2, -0.15) is 0 Å². The van der Waals surface area contributed by atoms with Crippen molar-refractivity contribution < 1.29 is 4.79 Å². The summed E-state index contributed by atoms with van der Waals surface area (Å²) in [6.07, 6.45) is 1.65. The summed E-state index contributed by atoms with van der Waals surface area (Å²) in [6.45, 7) is 0. The van der Waals surface area contributed by atoms with E-state index in [1.54, 1.807) is 12.3 Å². The first-order chi connectivity index (χ1) is 6.20. The van der Waals surface area contributed by atoms with Crippen molar-refractivity contribution in [1.82, 2.24) is 4.98 Å². The van der Waals surface area contributed by atoms with E-state index in [2.05, 4.69) is 4.98 Å². The second-order valence-electron chi connectivity index (χ2n) is 2.37. The summed E-state index contributed by atoms with van der Waals surface area (Å²) in [5, 5.41) is 0.638. The molecule has 0 atom stereocenters. The Morgan fingerprint density at radius 2 is 2.31 bits per heavy atom. The molecule has 0 radical (unpaired) electrons. The van der Waals surface area contributed by atoms with Gasteiger partial charge in [0.2, 0.25) is 0 Å². The molecule has 0 fully saturated rings. The van der Waals surface area contributed by atoms with Crippen LogP contribution in [-0.2, 0) is 0 Å². The molecule has 2 heterocycles. The Bertz CT molecular complexity index is 480. The van der Waals surface area contributed by atoms with E-state index in [0.29, 0.717) is 9.90 Å². The number of thiophene rings is 1. The molecule has 0 N–H and O–H groups in total. The van der Waals surface area contributed by atoms with Gasteiger partial charge in [-0.1, -0.05) is 11.6 Å². The Kier molecular flexibility index (Phi) is 2.24. The number of carbonyl (C=O) groups excluding carboxylic acids is 1. The van der Waals surface area contributed by atoms with Crippen LogP contribution < -0.4 is 0 Å². The van der Waals surface area contributed by atoms with Gasteiger partial charge in [-0.15, -0.1) is 11.3 Å². The Morgan fingerprint density at radius 3 is 2.92 bits per heavy atom. The van der Waals surface area contributed by atoms with E-state index in [-0.39, 0.29) is 0 Å². The number of carbonyl (C=O) groups is 1. The number of hydrogen-bond donors (Lipinski definition) is 0. The highest BCUT2D eigenvalue weighted by Crippen LogP contribution is 2.34. The highest BCUT2D eigenvalue weighted by Gasteiger charge is 2.15. The predicted octanol–water partition coefficient (Wildman–Crippen LogP) is 3.33. The standard InChI is InChI=1S/C8H3Cl2NOS/c9-5-4-2-1-3-11-8(4)13-6(5)7(10)12/h1-3H. The minimum absolute atomic E-state index is 0.358. The Labute approximate surface area is 88.1 Å². The molecule has 2 rings (SSSR count). The van der Waals surface area contributed by atoms with Crippen molar-refractivity contribution in [3.63, 3.8) is 0 Å². The number of rotatable bonds is 1. The van der Waals surface area contributed by atoms with E-state index in [4.69, 9.17) is 23.2 Å².